The molecule has 3 saturated carbocycles. The zero-order valence-electron chi connectivity index (χ0n) is 17.0. The Morgan fingerprint density at radius 3 is 2.59 bits per heavy atom. The Labute approximate surface area is 182 Å². The SMILES string of the molecule is C[C@H]1C[C@H]2[C@@H]3CCC4=CC(=O)C=C[C@]4(C)[C@@]3(Cl)[C@@H](O)C[C@]2(C)[C@@]1(O)C(=O)CO.Cl. The maximum absolute atomic E-state index is 12.6. The van der Waals surface area contributed by atoms with E-state index in [-0.39, 0.29) is 42.4 Å². The number of carbonyl (C=O) groups excluding carboxylic acids is 2. The van der Waals surface area contributed by atoms with Gasteiger partial charge in [0.1, 0.15) is 12.2 Å². The Bertz CT molecular complexity index is 809. The summed E-state index contributed by atoms with van der Waals surface area (Å²) in [6, 6.07) is 0. The maximum Gasteiger partial charge on any atom is 0.190 e. The molecule has 29 heavy (non-hydrogen) atoms. The van der Waals surface area contributed by atoms with Crippen LogP contribution < -0.4 is 0 Å². The van der Waals surface area contributed by atoms with E-state index < -0.39 is 39.8 Å². The molecule has 3 fully saturated rings. The topological polar surface area (TPSA) is 94.8 Å². The molecule has 7 heteroatoms. The minimum Gasteiger partial charge on any atom is -0.391 e. The summed E-state index contributed by atoms with van der Waals surface area (Å²) in [6.45, 7) is 4.97. The quantitative estimate of drug-likeness (QED) is 0.568. The van der Waals surface area contributed by atoms with Crippen molar-refractivity contribution in [3.63, 3.8) is 0 Å². The molecule has 0 amide bonds. The number of aliphatic hydroxyl groups excluding tert-OH is 2. The van der Waals surface area contributed by atoms with E-state index in [4.69, 9.17) is 11.6 Å². The van der Waals surface area contributed by atoms with Crippen molar-refractivity contribution in [1.82, 2.24) is 0 Å². The van der Waals surface area contributed by atoms with E-state index in [0.29, 0.717) is 19.3 Å². The van der Waals surface area contributed by atoms with Crippen LogP contribution in [0, 0.1) is 28.6 Å². The van der Waals surface area contributed by atoms with Gasteiger partial charge in [0, 0.05) is 10.8 Å². The van der Waals surface area contributed by atoms with Crippen LogP contribution in [-0.2, 0) is 9.59 Å². The fourth-order valence-electron chi connectivity index (χ4n) is 7.26. The first-order chi connectivity index (χ1) is 13.0. The van der Waals surface area contributed by atoms with Crippen molar-refractivity contribution in [3.8, 4) is 0 Å². The molecule has 0 spiro atoms. The fourth-order valence-corrected chi connectivity index (χ4v) is 7.78. The maximum atomic E-state index is 12.6. The summed E-state index contributed by atoms with van der Waals surface area (Å²) in [5.74, 6) is -1.15. The van der Waals surface area contributed by atoms with Crippen molar-refractivity contribution in [2.24, 2.45) is 28.6 Å². The summed E-state index contributed by atoms with van der Waals surface area (Å²) in [6.07, 6.45) is 6.22. The van der Waals surface area contributed by atoms with Gasteiger partial charge in [-0.2, -0.15) is 0 Å². The van der Waals surface area contributed by atoms with Crippen molar-refractivity contribution < 1.29 is 24.9 Å². The highest BCUT2D eigenvalue weighted by atomic mass is 35.5. The van der Waals surface area contributed by atoms with Gasteiger partial charge in [0.25, 0.3) is 0 Å². The highest BCUT2D eigenvalue weighted by Gasteiger charge is 2.74. The van der Waals surface area contributed by atoms with Crippen LogP contribution in [0.25, 0.3) is 0 Å². The number of hydrogen-bond donors (Lipinski definition) is 3. The normalized spacial score (nSPS) is 50.7. The Balaban J connectivity index is 0.00000240. The smallest absolute Gasteiger partial charge is 0.190 e. The van der Waals surface area contributed by atoms with Crippen LogP contribution >= 0.6 is 24.0 Å². The first-order valence-electron chi connectivity index (χ1n) is 10.1. The zero-order chi connectivity index (χ0) is 20.7. The highest BCUT2D eigenvalue weighted by molar-refractivity contribution is 6.26. The minimum atomic E-state index is -1.68. The van der Waals surface area contributed by atoms with Gasteiger partial charge in [-0.15, -0.1) is 24.0 Å². The number of fused-ring (bicyclic) bond motifs is 5. The van der Waals surface area contributed by atoms with Crippen molar-refractivity contribution in [3.05, 3.63) is 23.8 Å². The van der Waals surface area contributed by atoms with Crippen LogP contribution in [0.1, 0.15) is 46.5 Å². The number of halogens is 2. The van der Waals surface area contributed by atoms with Gasteiger partial charge < -0.3 is 15.3 Å². The Kier molecular flexibility index (Phi) is 5.46. The molecular formula is C22H30Cl2O5. The van der Waals surface area contributed by atoms with Crippen LogP contribution in [0.15, 0.2) is 23.8 Å². The van der Waals surface area contributed by atoms with Gasteiger partial charge in [-0.05, 0) is 55.6 Å². The lowest BCUT2D eigenvalue weighted by Gasteiger charge is -2.63. The lowest BCUT2D eigenvalue weighted by molar-refractivity contribution is -0.179. The van der Waals surface area contributed by atoms with E-state index in [0.717, 1.165) is 5.57 Å². The van der Waals surface area contributed by atoms with Gasteiger partial charge in [-0.1, -0.05) is 32.4 Å². The Morgan fingerprint density at radius 2 is 1.97 bits per heavy atom. The zero-order valence-corrected chi connectivity index (χ0v) is 18.6. The fraction of sp³-hybridized carbons (Fsp3) is 0.727. The van der Waals surface area contributed by atoms with Gasteiger partial charge in [0.2, 0.25) is 0 Å². The van der Waals surface area contributed by atoms with Gasteiger partial charge in [-0.3, -0.25) is 9.59 Å². The van der Waals surface area contributed by atoms with Gasteiger partial charge in [0.15, 0.2) is 11.6 Å². The minimum absolute atomic E-state index is 0. The van der Waals surface area contributed by atoms with Gasteiger partial charge in [-0.25, -0.2) is 0 Å². The first kappa shape index (κ1) is 23.0. The van der Waals surface area contributed by atoms with Crippen molar-refractivity contribution in [1.29, 1.82) is 0 Å². The first-order valence-corrected chi connectivity index (χ1v) is 10.5. The summed E-state index contributed by atoms with van der Waals surface area (Å²) in [4.78, 5) is 23.5. The van der Waals surface area contributed by atoms with Crippen molar-refractivity contribution in [2.75, 3.05) is 6.61 Å². The Hall–Kier alpha value is -0.720. The number of hydrogen-bond acceptors (Lipinski definition) is 5. The molecule has 0 aromatic heterocycles. The molecule has 0 saturated heterocycles. The molecule has 0 heterocycles. The summed E-state index contributed by atoms with van der Waals surface area (Å²) >= 11 is 7.30. The molecular weight excluding hydrogens is 415 g/mol. The lowest BCUT2D eigenvalue weighted by Crippen LogP contribution is -2.69. The molecule has 4 aliphatic rings. The monoisotopic (exact) mass is 444 g/mol. The van der Waals surface area contributed by atoms with Crippen LogP contribution in [0.5, 0.6) is 0 Å². The van der Waals surface area contributed by atoms with Crippen LogP contribution in [-0.4, -0.2) is 50.1 Å². The van der Waals surface area contributed by atoms with Crippen LogP contribution in [0.3, 0.4) is 0 Å². The van der Waals surface area contributed by atoms with E-state index in [1.54, 1.807) is 6.08 Å². The highest BCUT2D eigenvalue weighted by Crippen LogP contribution is 2.71. The van der Waals surface area contributed by atoms with Crippen molar-refractivity contribution in [2.45, 2.75) is 63.0 Å². The van der Waals surface area contributed by atoms with E-state index in [2.05, 4.69) is 0 Å². The second-order valence-electron chi connectivity index (χ2n) is 9.75. The van der Waals surface area contributed by atoms with Crippen LogP contribution in [0.2, 0.25) is 0 Å². The predicted molar refractivity (Wildman–Crippen MR) is 112 cm³/mol. The molecule has 3 N–H and O–H groups in total. The second-order valence-corrected chi connectivity index (χ2v) is 10.4. The number of carbonyl (C=O) groups is 2. The molecule has 0 unspecified atom stereocenters. The standard InChI is InChI=1S/C22H29ClO5.ClH/c1-12-8-16-15-5-4-13-9-14(25)6-7-19(13,2)21(15,23)17(26)10-20(16,3)22(12,28)18(27)11-24;/h6-7,9,12,15-17,24,26,28H,4-5,8,10-11H2,1-3H3;1H/t12-,15-,16-,17-,19-,20-,21-,22-;/m0./s1. The number of aliphatic hydroxyl groups is 3. The van der Waals surface area contributed by atoms with E-state index in [1.165, 1.54) is 6.08 Å². The molecule has 5 nitrogen and oxygen atoms in total. The van der Waals surface area contributed by atoms with E-state index >= 15 is 0 Å². The molecule has 4 aliphatic carbocycles. The molecule has 162 valence electrons. The average Bonchev–Trinajstić information content (AvgIpc) is 2.84. The molecule has 4 rings (SSSR count). The third-order valence-electron chi connectivity index (χ3n) is 8.79. The Morgan fingerprint density at radius 1 is 1.31 bits per heavy atom. The molecule has 0 bridgehead atoms. The third kappa shape index (κ3) is 2.51. The summed E-state index contributed by atoms with van der Waals surface area (Å²) in [5.41, 5.74) is -2.25. The summed E-state index contributed by atoms with van der Waals surface area (Å²) in [5, 5.41) is 32.3. The molecule has 0 radical (unpaired) electrons. The number of rotatable bonds is 2. The third-order valence-corrected chi connectivity index (χ3v) is 9.72. The number of Topliss-reactive ketones (excluding diaryl/α,β-unsaturated/α-hetero) is 1. The second kappa shape index (κ2) is 6.89. The van der Waals surface area contributed by atoms with E-state index in [9.17, 15) is 24.9 Å². The van der Waals surface area contributed by atoms with Crippen LogP contribution in [0.4, 0.5) is 0 Å². The number of alkyl halides is 1. The molecule has 0 aromatic rings. The average molecular weight is 445 g/mol. The predicted octanol–water partition coefficient (Wildman–Crippen LogP) is 2.59. The van der Waals surface area contributed by atoms with Crippen molar-refractivity contribution >= 4 is 35.6 Å². The number of ketones is 2. The molecule has 0 aliphatic heterocycles. The summed E-state index contributed by atoms with van der Waals surface area (Å²) < 4.78 is 0. The van der Waals surface area contributed by atoms with Gasteiger partial charge in [0.05, 0.1) is 11.0 Å². The molecule has 0 aromatic carbocycles. The largest absolute Gasteiger partial charge is 0.391 e. The van der Waals surface area contributed by atoms with E-state index in [1.807, 2.05) is 26.8 Å². The molecule has 8 atom stereocenters. The lowest BCUT2D eigenvalue weighted by atomic mass is 9.45. The summed E-state index contributed by atoms with van der Waals surface area (Å²) in [7, 11) is 0. The van der Waals surface area contributed by atoms with Gasteiger partial charge >= 0.3 is 0 Å². The number of allylic oxidation sites excluding steroid dienone is 4.